The Morgan fingerprint density at radius 2 is 1.95 bits per heavy atom. The highest BCUT2D eigenvalue weighted by molar-refractivity contribution is 5.95. The van der Waals surface area contributed by atoms with Gasteiger partial charge in [0.15, 0.2) is 18.1 Å². The molecule has 0 aliphatic carbocycles. The monoisotopic (exact) mass is 516 g/mol. The van der Waals surface area contributed by atoms with E-state index in [-0.39, 0.29) is 42.7 Å². The van der Waals surface area contributed by atoms with Gasteiger partial charge in [0, 0.05) is 37.8 Å². The zero-order valence-electron chi connectivity index (χ0n) is 20.9. The van der Waals surface area contributed by atoms with Gasteiger partial charge in [0.2, 0.25) is 0 Å². The minimum atomic E-state index is -0.492. The van der Waals surface area contributed by atoms with Gasteiger partial charge in [-0.15, -0.1) is 0 Å². The first-order chi connectivity index (χ1) is 18.5. The lowest BCUT2D eigenvalue weighted by Crippen LogP contribution is -2.58. The minimum absolute atomic E-state index is 0.205. The SMILES string of the molecule is COc1ccc2cc1OCC(=O)NCc1ccc(cc1)O[C@@H]1CCN(C(=O)c3ccccn3)C[C@@H]1NC2=O. The first-order valence-corrected chi connectivity index (χ1v) is 12.3. The Balaban J connectivity index is 1.44. The van der Waals surface area contributed by atoms with Crippen molar-refractivity contribution in [2.24, 2.45) is 0 Å². The van der Waals surface area contributed by atoms with Crippen molar-refractivity contribution in [1.29, 1.82) is 0 Å². The van der Waals surface area contributed by atoms with Crippen molar-refractivity contribution >= 4 is 17.7 Å². The molecule has 38 heavy (non-hydrogen) atoms. The summed E-state index contributed by atoms with van der Waals surface area (Å²) >= 11 is 0. The van der Waals surface area contributed by atoms with Gasteiger partial charge in [-0.1, -0.05) is 18.2 Å². The molecule has 0 saturated carbocycles. The molecular weight excluding hydrogens is 488 g/mol. The van der Waals surface area contributed by atoms with Crippen molar-refractivity contribution < 1.29 is 28.6 Å². The van der Waals surface area contributed by atoms with Crippen LogP contribution in [-0.2, 0) is 11.3 Å². The molecule has 0 unspecified atom stereocenters. The molecule has 0 spiro atoms. The van der Waals surface area contributed by atoms with Crippen LogP contribution in [0.15, 0.2) is 66.9 Å². The fourth-order valence-corrected chi connectivity index (χ4v) is 4.48. The van der Waals surface area contributed by atoms with Crippen molar-refractivity contribution in [2.75, 3.05) is 26.8 Å². The maximum atomic E-state index is 13.4. The first-order valence-electron chi connectivity index (χ1n) is 12.3. The van der Waals surface area contributed by atoms with E-state index in [1.807, 2.05) is 24.3 Å². The number of carbonyl (C=O) groups excluding carboxylic acids is 3. The van der Waals surface area contributed by atoms with E-state index in [2.05, 4.69) is 15.6 Å². The Bertz CT molecular complexity index is 1310. The van der Waals surface area contributed by atoms with Gasteiger partial charge < -0.3 is 29.7 Å². The van der Waals surface area contributed by atoms with E-state index in [0.717, 1.165) is 5.56 Å². The molecule has 6 rings (SSSR count). The highest BCUT2D eigenvalue weighted by atomic mass is 16.5. The van der Waals surface area contributed by atoms with E-state index in [9.17, 15) is 14.4 Å². The first kappa shape index (κ1) is 25.1. The highest BCUT2D eigenvalue weighted by Crippen LogP contribution is 2.29. The van der Waals surface area contributed by atoms with E-state index >= 15 is 0 Å². The Morgan fingerprint density at radius 3 is 2.71 bits per heavy atom. The topological polar surface area (TPSA) is 119 Å². The summed E-state index contributed by atoms with van der Waals surface area (Å²) in [4.78, 5) is 44.7. The normalized spacial score (nSPS) is 19.7. The summed E-state index contributed by atoms with van der Waals surface area (Å²) in [5.41, 5.74) is 1.56. The molecule has 1 aromatic heterocycles. The molecule has 4 heterocycles. The molecule has 10 nitrogen and oxygen atoms in total. The summed E-state index contributed by atoms with van der Waals surface area (Å²) < 4.78 is 17.3. The van der Waals surface area contributed by atoms with Gasteiger partial charge in [-0.05, 0) is 48.0 Å². The number of nitrogens with zero attached hydrogens (tertiary/aromatic N) is 2. The summed E-state index contributed by atoms with van der Waals surface area (Å²) in [7, 11) is 1.48. The lowest BCUT2D eigenvalue weighted by molar-refractivity contribution is -0.123. The molecule has 196 valence electrons. The van der Waals surface area contributed by atoms with Crippen LogP contribution in [0.5, 0.6) is 17.2 Å². The number of carbonyl (C=O) groups is 3. The number of ether oxygens (including phenoxy) is 3. The smallest absolute Gasteiger partial charge is 0.272 e. The number of pyridine rings is 1. The number of likely N-dealkylation sites (tertiary alicyclic amines) is 1. The number of amides is 3. The van der Waals surface area contributed by atoms with E-state index in [0.29, 0.717) is 42.3 Å². The van der Waals surface area contributed by atoms with Gasteiger partial charge in [0.25, 0.3) is 17.7 Å². The second-order valence-electron chi connectivity index (χ2n) is 9.07. The van der Waals surface area contributed by atoms with Crippen molar-refractivity contribution in [2.45, 2.75) is 25.1 Å². The van der Waals surface area contributed by atoms with Crippen LogP contribution in [0, 0.1) is 0 Å². The Morgan fingerprint density at radius 1 is 1.11 bits per heavy atom. The number of hydrogen-bond acceptors (Lipinski definition) is 7. The quantitative estimate of drug-likeness (QED) is 0.536. The fourth-order valence-electron chi connectivity index (χ4n) is 4.48. The third-order valence-corrected chi connectivity index (χ3v) is 6.52. The Labute approximate surface area is 219 Å². The van der Waals surface area contributed by atoms with Crippen molar-refractivity contribution in [3.8, 4) is 17.2 Å². The molecule has 0 radical (unpaired) electrons. The average molecular weight is 517 g/mol. The zero-order chi connectivity index (χ0) is 26.5. The van der Waals surface area contributed by atoms with Crippen LogP contribution in [0.25, 0.3) is 0 Å². The molecule has 3 aromatic rings. The van der Waals surface area contributed by atoms with Crippen molar-refractivity contribution in [3.05, 3.63) is 83.7 Å². The molecule has 10 heteroatoms. The third kappa shape index (κ3) is 5.69. The highest BCUT2D eigenvalue weighted by Gasteiger charge is 2.35. The standard InChI is InChI=1S/C28H28N4O6/c1-36-24-10-7-19-14-25(24)37-17-26(33)30-15-18-5-8-20(9-6-18)38-23-11-13-32(16-22(23)31-27(19)34)28(35)21-4-2-3-12-29-21/h2-10,12,14,22-23H,11,13,15-17H2,1H3,(H,30,33)(H,31,34)/t22-,23+/m0/s1. The molecule has 3 aliphatic rings. The number of nitrogens with one attached hydrogen (secondary N) is 2. The maximum Gasteiger partial charge on any atom is 0.272 e. The van der Waals surface area contributed by atoms with Crippen LogP contribution in [0.1, 0.15) is 32.8 Å². The van der Waals surface area contributed by atoms with E-state index in [4.69, 9.17) is 14.2 Å². The largest absolute Gasteiger partial charge is 0.493 e. The predicted octanol–water partition coefficient (Wildman–Crippen LogP) is 2.19. The zero-order valence-corrected chi connectivity index (χ0v) is 20.9. The number of piperidine rings is 1. The summed E-state index contributed by atoms with van der Waals surface area (Å²) in [6, 6.07) is 16.9. The molecule has 1 saturated heterocycles. The second kappa shape index (κ2) is 11.2. The number of benzene rings is 2. The molecule has 3 aliphatic heterocycles. The van der Waals surface area contributed by atoms with Crippen LogP contribution in [0.4, 0.5) is 0 Å². The molecule has 1 fully saturated rings. The maximum absolute atomic E-state index is 13.4. The van der Waals surface area contributed by atoms with E-state index < -0.39 is 6.04 Å². The number of rotatable bonds is 2. The van der Waals surface area contributed by atoms with Gasteiger partial charge in [-0.2, -0.15) is 0 Å². The second-order valence-corrected chi connectivity index (χ2v) is 9.07. The van der Waals surface area contributed by atoms with Crippen molar-refractivity contribution in [3.63, 3.8) is 0 Å². The summed E-state index contributed by atoms with van der Waals surface area (Å²) in [6.45, 7) is 0.799. The van der Waals surface area contributed by atoms with Crippen LogP contribution in [0.3, 0.4) is 0 Å². The van der Waals surface area contributed by atoms with E-state index in [1.165, 1.54) is 13.2 Å². The number of fused-ring (bicyclic) bond motifs is 7. The minimum Gasteiger partial charge on any atom is -0.493 e. The Hall–Kier alpha value is -4.60. The molecule has 2 aromatic carbocycles. The summed E-state index contributed by atoms with van der Waals surface area (Å²) in [6.07, 6.45) is 1.72. The summed E-state index contributed by atoms with van der Waals surface area (Å²) in [5, 5.41) is 5.86. The van der Waals surface area contributed by atoms with Crippen LogP contribution < -0.4 is 24.8 Å². The lowest BCUT2D eigenvalue weighted by Gasteiger charge is -2.38. The van der Waals surface area contributed by atoms with Gasteiger partial charge in [-0.25, -0.2) is 0 Å². The van der Waals surface area contributed by atoms with Crippen LogP contribution in [-0.4, -0.2) is 66.6 Å². The summed E-state index contributed by atoms with van der Waals surface area (Å²) in [5.74, 6) is 0.416. The third-order valence-electron chi connectivity index (χ3n) is 6.52. The number of hydrogen-bond donors (Lipinski definition) is 2. The molecule has 2 N–H and O–H groups in total. The number of aromatic nitrogens is 1. The van der Waals surface area contributed by atoms with Gasteiger partial charge in [-0.3, -0.25) is 19.4 Å². The fraction of sp³-hybridized carbons (Fsp3) is 0.286. The average Bonchev–Trinajstić information content (AvgIpc) is 2.96. The molecule has 3 amide bonds. The van der Waals surface area contributed by atoms with Gasteiger partial charge in [0.1, 0.15) is 17.5 Å². The van der Waals surface area contributed by atoms with E-state index in [1.54, 1.807) is 41.4 Å². The van der Waals surface area contributed by atoms with Gasteiger partial charge >= 0.3 is 0 Å². The molecule has 2 atom stereocenters. The number of methoxy groups -OCH3 is 1. The molecule has 4 bridgehead atoms. The van der Waals surface area contributed by atoms with Gasteiger partial charge in [0.05, 0.1) is 13.2 Å². The van der Waals surface area contributed by atoms with Crippen molar-refractivity contribution in [1.82, 2.24) is 20.5 Å². The molecular formula is C28H28N4O6. The van der Waals surface area contributed by atoms with Crippen LogP contribution >= 0.6 is 0 Å². The van der Waals surface area contributed by atoms with Crippen LogP contribution in [0.2, 0.25) is 0 Å². The predicted molar refractivity (Wildman–Crippen MR) is 137 cm³/mol. The Kier molecular flexibility index (Phi) is 7.39. The lowest BCUT2D eigenvalue weighted by atomic mass is 10.0.